The van der Waals surface area contributed by atoms with Crippen LogP contribution in [0.4, 0.5) is 0 Å². The second-order valence-electron chi connectivity index (χ2n) is 8.54. The first-order valence-electron chi connectivity index (χ1n) is 11.9. The molecule has 0 bridgehead atoms. The Morgan fingerprint density at radius 1 is 0.861 bits per heavy atom. The topological polar surface area (TPSA) is 208 Å². The van der Waals surface area contributed by atoms with Crippen LogP contribution in [0.5, 0.6) is 0 Å². The van der Waals surface area contributed by atoms with Crippen LogP contribution in [0.25, 0.3) is 0 Å². The summed E-state index contributed by atoms with van der Waals surface area (Å²) >= 11 is 1.71. The number of hydrogen-bond acceptors (Lipinski definition) is 13. The van der Waals surface area contributed by atoms with Gasteiger partial charge in [0.05, 0.1) is 13.2 Å². The summed E-state index contributed by atoms with van der Waals surface area (Å²) in [6.45, 7) is 2.92. The largest absolute Gasteiger partial charge is 0.394 e. The molecule has 0 aromatic heterocycles. The van der Waals surface area contributed by atoms with E-state index in [2.05, 4.69) is 11.9 Å². The zero-order valence-electron chi connectivity index (χ0n) is 20.0. The highest BCUT2D eigenvalue weighted by atomic mass is 32.2. The van der Waals surface area contributed by atoms with Gasteiger partial charge in [-0.3, -0.25) is 4.79 Å². The van der Waals surface area contributed by atoms with Crippen molar-refractivity contribution in [3.05, 3.63) is 12.7 Å². The summed E-state index contributed by atoms with van der Waals surface area (Å²) in [7, 11) is 0. The second-order valence-corrected chi connectivity index (χ2v) is 9.77. The summed E-state index contributed by atoms with van der Waals surface area (Å²) in [5, 5.41) is 72.7. The standard InChI is InChI=1S/C22H39NO12S/c1-2-14(26)23-6-9-36-8-5-3-4-7-32-21-19(31)17(29)20(13(11-25)34-21)35-22-18(30)16(28)15(27)12(10-24)33-22/h2,12-13,15-22,24-25,27-31H,1,3-11H2,(H,23,26)/t12-,13-,15+,16+,17-,18-,19-,20-,21-,22+/m1/s1. The third kappa shape index (κ3) is 8.85. The fourth-order valence-corrected chi connectivity index (χ4v) is 4.65. The van der Waals surface area contributed by atoms with E-state index in [1.54, 1.807) is 11.8 Å². The number of aliphatic hydroxyl groups is 7. The monoisotopic (exact) mass is 541 g/mol. The van der Waals surface area contributed by atoms with Gasteiger partial charge >= 0.3 is 0 Å². The minimum Gasteiger partial charge on any atom is -0.394 e. The fraction of sp³-hybridized carbons (Fsp3) is 0.864. The quantitative estimate of drug-likeness (QED) is 0.0761. The van der Waals surface area contributed by atoms with Gasteiger partial charge in [0.15, 0.2) is 12.6 Å². The van der Waals surface area contributed by atoms with Gasteiger partial charge in [0.1, 0.15) is 48.8 Å². The first-order chi connectivity index (χ1) is 17.2. The van der Waals surface area contributed by atoms with Crippen molar-refractivity contribution in [1.82, 2.24) is 5.32 Å². The van der Waals surface area contributed by atoms with Gasteiger partial charge < -0.3 is 60.0 Å². The van der Waals surface area contributed by atoms with Crippen LogP contribution in [0, 0.1) is 0 Å². The van der Waals surface area contributed by atoms with E-state index in [9.17, 15) is 40.5 Å². The Bertz CT molecular complexity index is 657. The number of carbonyl (C=O) groups excluding carboxylic acids is 1. The molecule has 36 heavy (non-hydrogen) atoms. The average Bonchev–Trinajstić information content (AvgIpc) is 2.88. The average molecular weight is 542 g/mol. The van der Waals surface area contributed by atoms with Crippen molar-refractivity contribution in [3.8, 4) is 0 Å². The summed E-state index contributed by atoms with van der Waals surface area (Å²) in [4.78, 5) is 11.0. The molecule has 2 heterocycles. The molecular weight excluding hydrogens is 502 g/mol. The number of nitrogens with one attached hydrogen (secondary N) is 1. The number of aliphatic hydroxyl groups excluding tert-OH is 7. The lowest BCUT2D eigenvalue weighted by Crippen LogP contribution is -2.64. The van der Waals surface area contributed by atoms with Crippen LogP contribution in [-0.2, 0) is 23.7 Å². The van der Waals surface area contributed by atoms with Gasteiger partial charge in [0.2, 0.25) is 5.91 Å². The molecule has 2 aliphatic heterocycles. The number of carbonyl (C=O) groups is 1. The minimum atomic E-state index is -1.72. The molecule has 2 rings (SSSR count). The molecule has 2 saturated heterocycles. The van der Waals surface area contributed by atoms with E-state index < -0.39 is 74.6 Å². The van der Waals surface area contributed by atoms with Gasteiger partial charge in [-0.05, 0) is 24.7 Å². The lowest BCUT2D eigenvalue weighted by molar-refractivity contribution is -0.359. The molecule has 0 aliphatic carbocycles. The third-order valence-electron chi connectivity index (χ3n) is 5.91. The number of ether oxygens (including phenoxy) is 4. The zero-order chi connectivity index (χ0) is 26.7. The van der Waals surface area contributed by atoms with E-state index in [-0.39, 0.29) is 12.5 Å². The molecule has 2 aliphatic rings. The van der Waals surface area contributed by atoms with Crippen molar-refractivity contribution in [2.24, 2.45) is 0 Å². The lowest BCUT2D eigenvalue weighted by atomic mass is 9.97. The normalized spacial score (nSPS) is 37.0. The first-order valence-corrected chi connectivity index (χ1v) is 13.1. The third-order valence-corrected chi connectivity index (χ3v) is 6.98. The predicted octanol–water partition coefficient (Wildman–Crippen LogP) is -3.17. The molecular formula is C22H39NO12S. The molecule has 0 aromatic rings. The molecule has 0 unspecified atom stereocenters. The van der Waals surface area contributed by atoms with Crippen LogP contribution in [0.2, 0.25) is 0 Å². The Labute approximate surface area is 214 Å². The van der Waals surface area contributed by atoms with Crippen LogP contribution in [-0.4, -0.2) is 141 Å². The van der Waals surface area contributed by atoms with E-state index in [4.69, 9.17) is 18.9 Å². The van der Waals surface area contributed by atoms with Gasteiger partial charge in [-0.25, -0.2) is 0 Å². The summed E-state index contributed by atoms with van der Waals surface area (Å²) in [5.74, 6) is 1.51. The van der Waals surface area contributed by atoms with E-state index in [0.29, 0.717) is 13.0 Å². The smallest absolute Gasteiger partial charge is 0.243 e. The molecule has 1 amide bonds. The number of rotatable bonds is 15. The van der Waals surface area contributed by atoms with E-state index >= 15 is 0 Å². The predicted molar refractivity (Wildman–Crippen MR) is 127 cm³/mol. The Kier molecular flexibility index (Phi) is 14.1. The summed E-state index contributed by atoms with van der Waals surface area (Å²) in [6.07, 6.45) is -11.0. The molecule has 10 atom stereocenters. The molecule has 8 N–H and O–H groups in total. The van der Waals surface area contributed by atoms with Crippen molar-refractivity contribution in [1.29, 1.82) is 0 Å². The van der Waals surface area contributed by atoms with Crippen LogP contribution >= 0.6 is 11.8 Å². The maximum atomic E-state index is 11.0. The fourth-order valence-electron chi connectivity index (χ4n) is 3.80. The number of thioether (sulfide) groups is 1. The number of unbranched alkanes of at least 4 members (excludes halogenated alkanes) is 2. The maximum Gasteiger partial charge on any atom is 0.243 e. The van der Waals surface area contributed by atoms with Crippen molar-refractivity contribution in [2.75, 3.05) is 37.9 Å². The van der Waals surface area contributed by atoms with Crippen LogP contribution in [0.15, 0.2) is 12.7 Å². The second kappa shape index (κ2) is 16.2. The Morgan fingerprint density at radius 3 is 2.19 bits per heavy atom. The molecule has 2 fully saturated rings. The Balaban J connectivity index is 1.73. The highest BCUT2D eigenvalue weighted by Gasteiger charge is 2.50. The molecule has 210 valence electrons. The van der Waals surface area contributed by atoms with E-state index in [1.165, 1.54) is 6.08 Å². The van der Waals surface area contributed by atoms with Gasteiger partial charge in [0, 0.05) is 18.9 Å². The Morgan fingerprint density at radius 2 is 1.53 bits per heavy atom. The highest BCUT2D eigenvalue weighted by molar-refractivity contribution is 7.99. The van der Waals surface area contributed by atoms with E-state index in [1.807, 2.05) is 0 Å². The lowest BCUT2D eigenvalue weighted by Gasteiger charge is -2.45. The maximum absolute atomic E-state index is 11.0. The minimum absolute atomic E-state index is 0.194. The Hall–Kier alpha value is -0.880. The molecule has 0 aromatic carbocycles. The van der Waals surface area contributed by atoms with Gasteiger partial charge in [0.25, 0.3) is 0 Å². The molecule has 0 spiro atoms. The summed E-state index contributed by atoms with van der Waals surface area (Å²) in [6, 6.07) is 0. The van der Waals surface area contributed by atoms with Crippen molar-refractivity contribution in [3.63, 3.8) is 0 Å². The van der Waals surface area contributed by atoms with Gasteiger partial charge in [-0.15, -0.1) is 0 Å². The van der Waals surface area contributed by atoms with E-state index in [0.717, 1.165) is 24.3 Å². The molecule has 0 radical (unpaired) electrons. The van der Waals surface area contributed by atoms with Crippen molar-refractivity contribution < 1.29 is 59.5 Å². The summed E-state index contributed by atoms with van der Waals surface area (Å²) < 4.78 is 21.9. The molecule has 14 heteroatoms. The SMILES string of the molecule is C=CC(=O)NCCSCCCCCO[C@@H]1O[C@H](CO)[C@@H](O[C@@H]2O[C@H](CO)[C@H](O)[C@H](O)[C@H]2O)[C@H](O)[C@H]1O. The van der Waals surface area contributed by atoms with Crippen LogP contribution in [0.3, 0.4) is 0 Å². The summed E-state index contributed by atoms with van der Waals surface area (Å²) in [5.41, 5.74) is 0. The number of hydrogen-bond donors (Lipinski definition) is 8. The van der Waals surface area contributed by atoms with Crippen molar-refractivity contribution in [2.45, 2.75) is 80.7 Å². The number of amides is 1. The highest BCUT2D eigenvalue weighted by Crippen LogP contribution is 2.29. The van der Waals surface area contributed by atoms with Crippen molar-refractivity contribution >= 4 is 17.7 Å². The first kappa shape index (κ1) is 31.3. The molecule has 0 saturated carbocycles. The van der Waals surface area contributed by atoms with Gasteiger partial charge in [-0.1, -0.05) is 13.0 Å². The van der Waals surface area contributed by atoms with Crippen LogP contribution < -0.4 is 5.32 Å². The van der Waals surface area contributed by atoms with Crippen LogP contribution in [0.1, 0.15) is 19.3 Å². The molecule has 13 nitrogen and oxygen atoms in total. The zero-order valence-corrected chi connectivity index (χ0v) is 20.8. The van der Waals surface area contributed by atoms with Gasteiger partial charge in [-0.2, -0.15) is 11.8 Å².